The van der Waals surface area contributed by atoms with Gasteiger partial charge in [-0.15, -0.1) is 11.8 Å². The third kappa shape index (κ3) is 3.59. The Kier molecular flexibility index (Phi) is 4.94. The lowest BCUT2D eigenvalue weighted by molar-refractivity contribution is -0.133. The highest BCUT2D eigenvalue weighted by Gasteiger charge is 2.30. The van der Waals surface area contributed by atoms with E-state index in [-0.39, 0.29) is 23.9 Å². The van der Waals surface area contributed by atoms with E-state index < -0.39 is 0 Å². The molecule has 22 heavy (non-hydrogen) atoms. The fraction of sp³-hybridized carbons (Fsp3) is 0.533. The van der Waals surface area contributed by atoms with Crippen LogP contribution in [0, 0.1) is 0 Å². The number of amides is 2. The largest absolute Gasteiger partial charge is 0.349 e. The van der Waals surface area contributed by atoms with Gasteiger partial charge in [-0.25, -0.2) is 0 Å². The smallest absolute Gasteiger partial charge is 0.253 e. The zero-order chi connectivity index (χ0) is 15.4. The van der Waals surface area contributed by atoms with Gasteiger partial charge < -0.3 is 10.2 Å². The van der Waals surface area contributed by atoms with Gasteiger partial charge >= 0.3 is 0 Å². The molecule has 0 spiro atoms. The van der Waals surface area contributed by atoms with E-state index in [1.807, 2.05) is 4.90 Å². The quantitative estimate of drug-likeness (QED) is 0.847. The molecule has 2 fully saturated rings. The van der Waals surface area contributed by atoms with Crippen molar-refractivity contribution in [2.75, 3.05) is 24.7 Å². The van der Waals surface area contributed by atoms with Crippen molar-refractivity contribution in [3.05, 3.63) is 30.1 Å². The predicted molar refractivity (Wildman–Crippen MR) is 85.6 cm³/mol. The molecule has 0 aromatic carbocycles. The van der Waals surface area contributed by atoms with Gasteiger partial charge in [-0.05, 0) is 25.0 Å². The Hall–Kier alpha value is -1.60. The average Bonchev–Trinajstić information content (AvgIpc) is 3.10. The third-order valence-electron chi connectivity index (χ3n) is 4.08. The van der Waals surface area contributed by atoms with E-state index in [9.17, 15) is 9.59 Å². The number of thioether (sulfide) groups is 1. The van der Waals surface area contributed by atoms with E-state index in [4.69, 9.17) is 0 Å². The summed E-state index contributed by atoms with van der Waals surface area (Å²) >= 11 is 1.76. The number of pyridine rings is 1. The Morgan fingerprint density at radius 1 is 1.36 bits per heavy atom. The highest BCUT2D eigenvalue weighted by Crippen LogP contribution is 2.16. The molecule has 3 rings (SSSR count). The van der Waals surface area contributed by atoms with Gasteiger partial charge in [0.2, 0.25) is 5.91 Å². The van der Waals surface area contributed by atoms with Crippen LogP contribution >= 0.6 is 11.8 Å². The van der Waals surface area contributed by atoms with Gasteiger partial charge in [0.25, 0.3) is 5.91 Å². The number of piperidine rings is 1. The van der Waals surface area contributed by atoms with Gasteiger partial charge in [-0.3, -0.25) is 19.9 Å². The van der Waals surface area contributed by atoms with Crippen molar-refractivity contribution in [2.45, 2.75) is 24.9 Å². The second-order valence-corrected chi connectivity index (χ2v) is 6.62. The lowest BCUT2D eigenvalue weighted by atomic mass is 10.0. The number of rotatable bonds is 3. The van der Waals surface area contributed by atoms with E-state index in [0.717, 1.165) is 24.5 Å². The molecule has 1 atom stereocenters. The maximum Gasteiger partial charge on any atom is 0.253 e. The van der Waals surface area contributed by atoms with E-state index in [1.165, 1.54) is 0 Å². The van der Waals surface area contributed by atoms with E-state index in [1.54, 1.807) is 36.3 Å². The van der Waals surface area contributed by atoms with Crippen LogP contribution in [0.25, 0.3) is 0 Å². The van der Waals surface area contributed by atoms with Crippen molar-refractivity contribution in [1.29, 1.82) is 0 Å². The molecule has 1 aromatic rings. The first-order chi connectivity index (χ1) is 10.7. The number of likely N-dealkylation sites (tertiary alicyclic amines) is 1. The van der Waals surface area contributed by atoms with Gasteiger partial charge in [0, 0.05) is 43.2 Å². The molecule has 2 amide bonds. The molecule has 0 bridgehead atoms. The van der Waals surface area contributed by atoms with Gasteiger partial charge in [-0.2, -0.15) is 0 Å². The number of aromatic nitrogens is 1. The summed E-state index contributed by atoms with van der Waals surface area (Å²) in [6.45, 7) is 1.42. The van der Waals surface area contributed by atoms with Crippen LogP contribution in [-0.4, -0.2) is 58.5 Å². The van der Waals surface area contributed by atoms with Crippen LogP contribution in [-0.2, 0) is 4.79 Å². The fourth-order valence-electron chi connectivity index (χ4n) is 2.78. The van der Waals surface area contributed by atoms with E-state index in [2.05, 4.69) is 15.6 Å². The van der Waals surface area contributed by atoms with Gasteiger partial charge in [0.05, 0.1) is 11.6 Å². The monoisotopic (exact) mass is 320 g/mol. The van der Waals surface area contributed by atoms with Crippen molar-refractivity contribution < 1.29 is 9.59 Å². The number of carbonyl (C=O) groups excluding carboxylic acids is 2. The number of hydrogen-bond donors (Lipinski definition) is 2. The number of carbonyl (C=O) groups is 2. The second-order valence-electron chi connectivity index (χ2n) is 5.59. The van der Waals surface area contributed by atoms with Crippen LogP contribution in [0.2, 0.25) is 0 Å². The van der Waals surface area contributed by atoms with Crippen LogP contribution in [0.15, 0.2) is 24.5 Å². The third-order valence-corrected chi connectivity index (χ3v) is 5.02. The molecule has 0 aliphatic carbocycles. The first-order valence-corrected chi connectivity index (χ1v) is 8.70. The van der Waals surface area contributed by atoms with Gasteiger partial charge in [0.1, 0.15) is 0 Å². The molecule has 7 heteroatoms. The highest BCUT2D eigenvalue weighted by atomic mass is 32.2. The number of nitrogens with zero attached hydrogens (tertiary/aromatic N) is 2. The summed E-state index contributed by atoms with van der Waals surface area (Å²) in [4.78, 5) is 30.3. The zero-order valence-corrected chi connectivity index (χ0v) is 13.1. The maximum absolute atomic E-state index is 12.3. The minimum Gasteiger partial charge on any atom is -0.349 e. The molecule has 3 heterocycles. The SMILES string of the molecule is O=C(NC1CCN(C(=O)C2CSCN2)CC1)c1cccnc1. The molecule has 0 radical (unpaired) electrons. The van der Waals surface area contributed by atoms with E-state index in [0.29, 0.717) is 18.7 Å². The lowest BCUT2D eigenvalue weighted by Gasteiger charge is -2.33. The van der Waals surface area contributed by atoms with Crippen molar-refractivity contribution in [2.24, 2.45) is 0 Å². The molecule has 2 saturated heterocycles. The van der Waals surface area contributed by atoms with Crippen LogP contribution < -0.4 is 10.6 Å². The minimum atomic E-state index is -0.0910. The maximum atomic E-state index is 12.3. The Labute approximate surface area is 134 Å². The second kappa shape index (κ2) is 7.11. The molecule has 1 aromatic heterocycles. The Morgan fingerprint density at radius 3 is 2.82 bits per heavy atom. The Bertz CT molecular complexity index is 526. The average molecular weight is 320 g/mol. The summed E-state index contributed by atoms with van der Waals surface area (Å²) in [5.74, 6) is 1.82. The molecule has 6 nitrogen and oxygen atoms in total. The molecule has 0 saturated carbocycles. The Balaban J connectivity index is 1.47. The molecular weight excluding hydrogens is 300 g/mol. The van der Waals surface area contributed by atoms with Crippen LogP contribution in [0.4, 0.5) is 0 Å². The lowest BCUT2D eigenvalue weighted by Crippen LogP contribution is -2.51. The molecular formula is C15H20N4O2S. The summed E-state index contributed by atoms with van der Waals surface area (Å²) in [6, 6.07) is 3.60. The topological polar surface area (TPSA) is 74.3 Å². The van der Waals surface area contributed by atoms with Crippen molar-refractivity contribution >= 4 is 23.6 Å². The summed E-state index contributed by atoms with van der Waals surface area (Å²) in [6.07, 6.45) is 4.82. The van der Waals surface area contributed by atoms with Crippen molar-refractivity contribution in [3.63, 3.8) is 0 Å². The molecule has 2 N–H and O–H groups in total. The minimum absolute atomic E-state index is 0.0356. The van der Waals surface area contributed by atoms with Crippen LogP contribution in [0.3, 0.4) is 0 Å². The molecule has 1 unspecified atom stereocenters. The number of nitrogens with one attached hydrogen (secondary N) is 2. The normalized spacial score (nSPS) is 22.5. The van der Waals surface area contributed by atoms with Crippen molar-refractivity contribution in [3.8, 4) is 0 Å². The van der Waals surface area contributed by atoms with Crippen molar-refractivity contribution in [1.82, 2.24) is 20.5 Å². The van der Waals surface area contributed by atoms with Gasteiger partial charge in [0.15, 0.2) is 0 Å². The summed E-state index contributed by atoms with van der Waals surface area (Å²) in [5, 5.41) is 6.24. The molecule has 2 aliphatic heterocycles. The number of hydrogen-bond acceptors (Lipinski definition) is 5. The standard InChI is InChI=1S/C15H20N4O2S/c20-14(11-2-1-5-16-8-11)18-12-3-6-19(7-4-12)15(21)13-9-22-10-17-13/h1-2,5,8,12-13,17H,3-4,6-7,9-10H2,(H,18,20). The van der Waals surface area contributed by atoms with Crippen LogP contribution in [0.1, 0.15) is 23.2 Å². The summed E-state index contributed by atoms with van der Waals surface area (Å²) < 4.78 is 0. The fourth-order valence-corrected chi connectivity index (χ4v) is 3.72. The molecule has 118 valence electrons. The Morgan fingerprint density at radius 2 is 2.18 bits per heavy atom. The van der Waals surface area contributed by atoms with E-state index >= 15 is 0 Å². The summed E-state index contributed by atoms with van der Waals surface area (Å²) in [5.41, 5.74) is 0.577. The first-order valence-electron chi connectivity index (χ1n) is 7.55. The summed E-state index contributed by atoms with van der Waals surface area (Å²) in [7, 11) is 0. The molecule has 2 aliphatic rings. The highest BCUT2D eigenvalue weighted by molar-refractivity contribution is 7.99. The zero-order valence-electron chi connectivity index (χ0n) is 12.3. The van der Waals surface area contributed by atoms with Crippen LogP contribution in [0.5, 0.6) is 0 Å². The van der Waals surface area contributed by atoms with Gasteiger partial charge in [-0.1, -0.05) is 0 Å². The predicted octanol–water partition coefficient (Wildman–Crippen LogP) is 0.465. The first kappa shape index (κ1) is 15.3.